The Balaban J connectivity index is 1.03. The molecule has 0 saturated heterocycles. The van der Waals surface area contributed by atoms with Crippen LogP contribution < -0.4 is 0 Å². The SMILES string of the molecule is OC1(C#CCc2cccc(-c3cccc(CC#CC4(O)c5ccccc5-c5ccccc54)c3)c2)c2ccccc2-c2ccccc21. The minimum atomic E-state index is -1.32. The lowest BCUT2D eigenvalue weighted by molar-refractivity contribution is 0.150. The average Bonchev–Trinajstić information content (AvgIpc) is 3.51. The van der Waals surface area contributed by atoms with Crippen molar-refractivity contribution in [2.24, 2.45) is 0 Å². The number of benzene rings is 6. The number of rotatable bonds is 3. The van der Waals surface area contributed by atoms with Gasteiger partial charge in [0.1, 0.15) is 0 Å². The van der Waals surface area contributed by atoms with Crippen molar-refractivity contribution in [2.75, 3.05) is 0 Å². The molecule has 0 amide bonds. The molecule has 0 spiro atoms. The van der Waals surface area contributed by atoms with Crippen molar-refractivity contribution in [1.82, 2.24) is 0 Å². The van der Waals surface area contributed by atoms with Crippen LogP contribution in [0.5, 0.6) is 0 Å². The average molecular weight is 591 g/mol. The molecule has 46 heavy (non-hydrogen) atoms. The fourth-order valence-electron chi connectivity index (χ4n) is 6.96. The van der Waals surface area contributed by atoms with Crippen LogP contribution in [-0.2, 0) is 24.0 Å². The molecule has 0 aliphatic heterocycles. The standard InChI is InChI=1S/C44H30O2/c45-43(39-23-5-1-19-35(39)36-20-2-6-24-40(36)43)27-11-15-31-13-9-17-33(29-31)34-18-10-14-32(30-34)16-12-28-44(46)41-25-7-3-21-37(41)38-22-4-8-26-42(38)44/h1-10,13-14,17-26,29-30,45-46H,15-16H2. The Morgan fingerprint density at radius 1 is 0.391 bits per heavy atom. The van der Waals surface area contributed by atoms with E-state index in [1.807, 2.05) is 97.1 Å². The molecule has 0 unspecified atom stereocenters. The van der Waals surface area contributed by atoms with Gasteiger partial charge in [-0.2, -0.15) is 0 Å². The van der Waals surface area contributed by atoms with E-state index in [1.165, 1.54) is 0 Å². The van der Waals surface area contributed by atoms with Crippen LogP contribution >= 0.6 is 0 Å². The van der Waals surface area contributed by atoms with Crippen LogP contribution in [0.4, 0.5) is 0 Å². The Morgan fingerprint density at radius 3 is 1.07 bits per heavy atom. The lowest BCUT2D eigenvalue weighted by Crippen LogP contribution is -2.22. The molecule has 2 aliphatic rings. The normalized spacial score (nSPS) is 14.0. The number of hydrogen-bond acceptors (Lipinski definition) is 2. The highest BCUT2D eigenvalue weighted by atomic mass is 16.3. The summed E-state index contributed by atoms with van der Waals surface area (Å²) < 4.78 is 0. The van der Waals surface area contributed by atoms with Crippen molar-refractivity contribution in [3.8, 4) is 57.1 Å². The van der Waals surface area contributed by atoms with Crippen LogP contribution in [-0.4, -0.2) is 10.2 Å². The molecule has 0 radical (unpaired) electrons. The summed E-state index contributed by atoms with van der Waals surface area (Å²) >= 11 is 0. The van der Waals surface area contributed by atoms with Crippen molar-refractivity contribution in [1.29, 1.82) is 0 Å². The first-order chi connectivity index (χ1) is 22.5. The van der Waals surface area contributed by atoms with Gasteiger partial charge in [0, 0.05) is 35.1 Å². The third kappa shape index (κ3) is 4.56. The van der Waals surface area contributed by atoms with Crippen molar-refractivity contribution in [3.63, 3.8) is 0 Å². The van der Waals surface area contributed by atoms with E-state index < -0.39 is 11.2 Å². The predicted molar refractivity (Wildman–Crippen MR) is 185 cm³/mol. The Bertz CT molecular complexity index is 2020. The van der Waals surface area contributed by atoms with Gasteiger partial charge in [0.15, 0.2) is 11.2 Å². The molecule has 0 fully saturated rings. The first kappa shape index (κ1) is 27.9. The van der Waals surface area contributed by atoms with Gasteiger partial charge in [-0.15, -0.1) is 0 Å². The molecule has 2 heteroatoms. The first-order valence-corrected chi connectivity index (χ1v) is 15.6. The Hall–Kier alpha value is -5.64. The van der Waals surface area contributed by atoms with Crippen LogP contribution in [0.2, 0.25) is 0 Å². The summed E-state index contributed by atoms with van der Waals surface area (Å²) in [7, 11) is 0. The van der Waals surface area contributed by atoms with Crippen molar-refractivity contribution in [2.45, 2.75) is 24.0 Å². The molecule has 0 heterocycles. The zero-order chi connectivity index (χ0) is 31.1. The molecule has 0 saturated carbocycles. The van der Waals surface area contributed by atoms with Gasteiger partial charge in [-0.1, -0.05) is 169 Å². The fourth-order valence-corrected chi connectivity index (χ4v) is 6.96. The minimum absolute atomic E-state index is 0.521. The topological polar surface area (TPSA) is 40.5 Å². The molecule has 2 aliphatic carbocycles. The molecule has 0 bridgehead atoms. The summed E-state index contributed by atoms with van der Waals surface area (Å²) in [6, 6.07) is 48.7. The third-order valence-corrected chi connectivity index (χ3v) is 9.16. The van der Waals surface area contributed by atoms with E-state index in [2.05, 4.69) is 72.2 Å². The third-order valence-electron chi connectivity index (χ3n) is 9.16. The fraction of sp³-hybridized carbons (Fsp3) is 0.0909. The summed E-state index contributed by atoms with van der Waals surface area (Å²) in [6.45, 7) is 0. The van der Waals surface area contributed by atoms with Crippen molar-refractivity contribution >= 4 is 0 Å². The molecule has 8 rings (SSSR count). The first-order valence-electron chi connectivity index (χ1n) is 15.6. The quantitative estimate of drug-likeness (QED) is 0.204. The van der Waals surface area contributed by atoms with Crippen molar-refractivity contribution < 1.29 is 10.2 Å². The second-order valence-electron chi connectivity index (χ2n) is 12.0. The molecule has 2 nitrogen and oxygen atoms in total. The Morgan fingerprint density at radius 2 is 0.717 bits per heavy atom. The second kappa shape index (κ2) is 11.1. The van der Waals surface area contributed by atoms with E-state index in [0.29, 0.717) is 12.8 Å². The van der Waals surface area contributed by atoms with Gasteiger partial charge in [0.25, 0.3) is 0 Å². The van der Waals surface area contributed by atoms with E-state index in [9.17, 15) is 10.2 Å². The highest BCUT2D eigenvalue weighted by Gasteiger charge is 2.41. The molecule has 0 aromatic heterocycles. The monoisotopic (exact) mass is 590 g/mol. The molecular formula is C44H30O2. The van der Waals surface area contributed by atoms with Crippen LogP contribution in [0.3, 0.4) is 0 Å². The van der Waals surface area contributed by atoms with E-state index >= 15 is 0 Å². The minimum Gasteiger partial charge on any atom is -0.369 e. The lowest BCUT2D eigenvalue weighted by atomic mass is 9.91. The van der Waals surface area contributed by atoms with Gasteiger partial charge >= 0.3 is 0 Å². The van der Waals surface area contributed by atoms with Gasteiger partial charge in [-0.3, -0.25) is 0 Å². The zero-order valence-electron chi connectivity index (χ0n) is 25.2. The summed E-state index contributed by atoms with van der Waals surface area (Å²) in [6.07, 6.45) is 1.04. The molecule has 6 aromatic carbocycles. The molecule has 6 aromatic rings. The highest BCUT2D eigenvalue weighted by molar-refractivity contribution is 5.83. The van der Waals surface area contributed by atoms with Crippen LogP contribution in [0, 0.1) is 23.7 Å². The van der Waals surface area contributed by atoms with Crippen LogP contribution in [0.15, 0.2) is 146 Å². The van der Waals surface area contributed by atoms with Gasteiger partial charge in [0.05, 0.1) is 0 Å². The summed E-state index contributed by atoms with van der Waals surface area (Å²) in [5.74, 6) is 13.0. The molecule has 2 N–H and O–H groups in total. The summed E-state index contributed by atoms with van der Waals surface area (Å²) in [5.41, 5.74) is 9.21. The van der Waals surface area contributed by atoms with Gasteiger partial charge in [0.2, 0.25) is 0 Å². The smallest absolute Gasteiger partial charge is 0.178 e. The highest BCUT2D eigenvalue weighted by Crippen LogP contribution is 2.48. The van der Waals surface area contributed by atoms with Gasteiger partial charge in [-0.25, -0.2) is 0 Å². The number of fused-ring (bicyclic) bond motifs is 6. The van der Waals surface area contributed by atoms with E-state index in [-0.39, 0.29) is 0 Å². The lowest BCUT2D eigenvalue weighted by Gasteiger charge is -2.19. The Labute approximate surface area is 269 Å². The molecular weight excluding hydrogens is 560 g/mol. The molecule has 218 valence electrons. The summed E-state index contributed by atoms with van der Waals surface area (Å²) in [5, 5.41) is 23.6. The number of hydrogen-bond donors (Lipinski definition) is 2. The van der Waals surface area contributed by atoms with E-state index in [1.54, 1.807) is 0 Å². The summed E-state index contributed by atoms with van der Waals surface area (Å²) in [4.78, 5) is 0. The number of aliphatic hydroxyl groups is 2. The maximum absolute atomic E-state index is 11.8. The second-order valence-corrected chi connectivity index (χ2v) is 12.0. The van der Waals surface area contributed by atoms with Gasteiger partial charge in [-0.05, 0) is 44.5 Å². The maximum Gasteiger partial charge on any atom is 0.178 e. The van der Waals surface area contributed by atoms with E-state index in [0.717, 1.165) is 66.8 Å². The largest absolute Gasteiger partial charge is 0.369 e. The predicted octanol–water partition coefficient (Wildman–Crippen LogP) is 8.28. The van der Waals surface area contributed by atoms with Crippen LogP contribution in [0.1, 0.15) is 33.4 Å². The van der Waals surface area contributed by atoms with E-state index in [4.69, 9.17) is 0 Å². The zero-order valence-corrected chi connectivity index (χ0v) is 25.2. The molecule has 0 atom stereocenters. The van der Waals surface area contributed by atoms with Crippen LogP contribution in [0.25, 0.3) is 33.4 Å². The van der Waals surface area contributed by atoms with Gasteiger partial charge < -0.3 is 10.2 Å². The Kier molecular flexibility index (Phi) is 6.70. The van der Waals surface area contributed by atoms with Crippen molar-refractivity contribution in [3.05, 3.63) is 179 Å². The maximum atomic E-state index is 11.8.